The van der Waals surface area contributed by atoms with Gasteiger partial charge in [-0.05, 0) is 48.9 Å². The summed E-state index contributed by atoms with van der Waals surface area (Å²) in [5.74, 6) is 1.27. The SMILES string of the molecule is CCCOc1ccc([C@@H]2C(=O)N(C3CCCCC3)CC(=O)N2CCc2ccccc2)cc1OC. The molecule has 0 bridgehead atoms. The monoisotopic (exact) mass is 464 g/mol. The number of hydrogen-bond acceptors (Lipinski definition) is 4. The molecular formula is C28H36N2O4. The summed E-state index contributed by atoms with van der Waals surface area (Å²) in [5, 5.41) is 0. The van der Waals surface area contributed by atoms with E-state index in [-0.39, 0.29) is 24.4 Å². The van der Waals surface area contributed by atoms with Crippen molar-refractivity contribution >= 4 is 11.8 Å². The fraction of sp³-hybridized carbons (Fsp3) is 0.500. The van der Waals surface area contributed by atoms with Crippen molar-refractivity contribution in [1.29, 1.82) is 0 Å². The van der Waals surface area contributed by atoms with Crippen LogP contribution in [0, 0.1) is 0 Å². The second kappa shape index (κ2) is 11.4. The molecule has 2 fully saturated rings. The molecule has 1 aliphatic heterocycles. The van der Waals surface area contributed by atoms with E-state index in [4.69, 9.17) is 9.47 Å². The van der Waals surface area contributed by atoms with E-state index in [0.29, 0.717) is 31.1 Å². The lowest BCUT2D eigenvalue weighted by atomic mass is 9.91. The third-order valence-corrected chi connectivity index (χ3v) is 6.92. The van der Waals surface area contributed by atoms with Gasteiger partial charge < -0.3 is 19.3 Å². The first-order chi connectivity index (χ1) is 16.6. The van der Waals surface area contributed by atoms with Crippen molar-refractivity contribution in [3.05, 3.63) is 59.7 Å². The van der Waals surface area contributed by atoms with Gasteiger partial charge in [0.2, 0.25) is 5.91 Å². The lowest BCUT2D eigenvalue weighted by Crippen LogP contribution is -2.58. The van der Waals surface area contributed by atoms with Crippen molar-refractivity contribution in [1.82, 2.24) is 9.80 Å². The van der Waals surface area contributed by atoms with Crippen molar-refractivity contribution in [2.45, 2.75) is 64.0 Å². The van der Waals surface area contributed by atoms with Crippen LogP contribution < -0.4 is 9.47 Å². The molecule has 4 rings (SSSR count). The smallest absolute Gasteiger partial charge is 0.250 e. The fourth-order valence-electron chi connectivity index (χ4n) is 5.11. The normalized spacial score (nSPS) is 19.4. The highest BCUT2D eigenvalue weighted by Gasteiger charge is 2.43. The molecule has 2 aromatic carbocycles. The third-order valence-electron chi connectivity index (χ3n) is 6.92. The molecule has 2 aliphatic rings. The maximum Gasteiger partial charge on any atom is 0.250 e. The van der Waals surface area contributed by atoms with Gasteiger partial charge in [-0.3, -0.25) is 9.59 Å². The first-order valence-corrected chi connectivity index (χ1v) is 12.6. The van der Waals surface area contributed by atoms with Gasteiger partial charge in [0, 0.05) is 12.6 Å². The average molecular weight is 465 g/mol. The minimum Gasteiger partial charge on any atom is -0.493 e. The Kier molecular flexibility index (Phi) is 8.09. The number of amides is 2. The van der Waals surface area contributed by atoms with Crippen molar-refractivity contribution in [3.63, 3.8) is 0 Å². The predicted molar refractivity (Wildman–Crippen MR) is 132 cm³/mol. The molecule has 2 amide bonds. The molecule has 6 nitrogen and oxygen atoms in total. The Balaban J connectivity index is 1.64. The second-order valence-corrected chi connectivity index (χ2v) is 9.24. The number of carbonyl (C=O) groups is 2. The van der Waals surface area contributed by atoms with E-state index < -0.39 is 6.04 Å². The van der Waals surface area contributed by atoms with Gasteiger partial charge >= 0.3 is 0 Å². The standard InChI is InChI=1S/C28H36N2O4/c1-3-18-34-24-15-14-22(19-25(24)33-2)27-28(32)30(23-12-8-5-9-13-23)20-26(31)29(27)17-16-21-10-6-4-7-11-21/h4,6-7,10-11,14-15,19,23,27H,3,5,8-9,12-13,16-18,20H2,1-2H3/t27-/m1/s1. The molecule has 0 unspecified atom stereocenters. The summed E-state index contributed by atoms with van der Waals surface area (Å²) < 4.78 is 11.4. The van der Waals surface area contributed by atoms with Crippen LogP contribution in [-0.2, 0) is 16.0 Å². The quantitative estimate of drug-likeness (QED) is 0.536. The Hall–Kier alpha value is -3.02. The molecule has 1 saturated heterocycles. The summed E-state index contributed by atoms with van der Waals surface area (Å²) in [6, 6.07) is 15.2. The molecule has 182 valence electrons. The maximum absolute atomic E-state index is 13.9. The van der Waals surface area contributed by atoms with Gasteiger partial charge in [0.25, 0.3) is 5.91 Å². The third kappa shape index (κ3) is 5.37. The molecule has 0 radical (unpaired) electrons. The number of piperazine rings is 1. The highest BCUT2D eigenvalue weighted by Crippen LogP contribution is 2.36. The van der Waals surface area contributed by atoms with E-state index in [1.54, 1.807) is 12.0 Å². The van der Waals surface area contributed by atoms with E-state index in [9.17, 15) is 9.59 Å². The Morgan fingerprint density at radius 1 is 0.971 bits per heavy atom. The lowest BCUT2D eigenvalue weighted by molar-refractivity contribution is -0.159. The van der Waals surface area contributed by atoms with Crippen molar-refractivity contribution in [2.24, 2.45) is 0 Å². The van der Waals surface area contributed by atoms with Crippen LogP contribution in [0.2, 0.25) is 0 Å². The summed E-state index contributed by atoms with van der Waals surface area (Å²) in [6.07, 6.45) is 6.98. The highest BCUT2D eigenvalue weighted by molar-refractivity contribution is 5.96. The van der Waals surface area contributed by atoms with Gasteiger partial charge in [0.05, 0.1) is 13.7 Å². The van der Waals surface area contributed by atoms with E-state index >= 15 is 0 Å². The molecule has 1 saturated carbocycles. The first-order valence-electron chi connectivity index (χ1n) is 12.6. The van der Waals surface area contributed by atoms with E-state index in [0.717, 1.165) is 43.2 Å². The van der Waals surface area contributed by atoms with Crippen LogP contribution in [0.1, 0.15) is 62.6 Å². The van der Waals surface area contributed by atoms with Crippen LogP contribution in [-0.4, -0.2) is 54.5 Å². The maximum atomic E-state index is 13.9. The Labute approximate surface area is 202 Å². The lowest BCUT2D eigenvalue weighted by Gasteiger charge is -2.44. The zero-order chi connectivity index (χ0) is 23.9. The molecular weight excluding hydrogens is 428 g/mol. The summed E-state index contributed by atoms with van der Waals surface area (Å²) in [7, 11) is 1.60. The minimum atomic E-state index is -0.652. The van der Waals surface area contributed by atoms with Gasteiger partial charge in [0.1, 0.15) is 12.6 Å². The van der Waals surface area contributed by atoms with Gasteiger partial charge in [-0.2, -0.15) is 0 Å². The minimum absolute atomic E-state index is 0.0105. The Morgan fingerprint density at radius 2 is 1.74 bits per heavy atom. The number of benzene rings is 2. The zero-order valence-corrected chi connectivity index (χ0v) is 20.4. The molecule has 1 aliphatic carbocycles. The number of methoxy groups -OCH3 is 1. The van der Waals surface area contributed by atoms with Crippen LogP contribution in [0.25, 0.3) is 0 Å². The number of nitrogens with zero attached hydrogens (tertiary/aromatic N) is 2. The number of rotatable bonds is 9. The molecule has 1 heterocycles. The van der Waals surface area contributed by atoms with Crippen molar-refractivity contribution in [2.75, 3.05) is 26.8 Å². The number of ether oxygens (including phenoxy) is 2. The van der Waals surface area contributed by atoms with Gasteiger partial charge in [-0.1, -0.05) is 62.6 Å². The van der Waals surface area contributed by atoms with Crippen molar-refractivity contribution < 1.29 is 19.1 Å². The summed E-state index contributed by atoms with van der Waals surface area (Å²) in [6.45, 7) is 3.31. The first kappa shape index (κ1) is 24.1. The zero-order valence-electron chi connectivity index (χ0n) is 20.4. The molecule has 0 spiro atoms. The predicted octanol–water partition coefficient (Wildman–Crippen LogP) is 4.77. The van der Waals surface area contributed by atoms with Crippen molar-refractivity contribution in [3.8, 4) is 11.5 Å². The van der Waals surface area contributed by atoms with E-state index in [2.05, 4.69) is 19.1 Å². The fourth-order valence-corrected chi connectivity index (χ4v) is 5.11. The highest BCUT2D eigenvalue weighted by atomic mass is 16.5. The summed E-state index contributed by atoms with van der Waals surface area (Å²) >= 11 is 0. The van der Waals surface area contributed by atoms with Crippen LogP contribution in [0.15, 0.2) is 48.5 Å². The van der Waals surface area contributed by atoms with Crippen LogP contribution >= 0.6 is 0 Å². The van der Waals surface area contributed by atoms with Gasteiger partial charge in [0.15, 0.2) is 11.5 Å². The molecule has 0 N–H and O–H groups in total. The molecule has 2 aromatic rings. The topological polar surface area (TPSA) is 59.1 Å². The molecule has 34 heavy (non-hydrogen) atoms. The Bertz CT molecular complexity index is 972. The molecule has 0 aromatic heterocycles. The molecule has 6 heteroatoms. The summed E-state index contributed by atoms with van der Waals surface area (Å²) in [4.78, 5) is 31.0. The average Bonchev–Trinajstić information content (AvgIpc) is 2.88. The van der Waals surface area contributed by atoms with Crippen LogP contribution in [0.5, 0.6) is 11.5 Å². The number of hydrogen-bond donors (Lipinski definition) is 0. The second-order valence-electron chi connectivity index (χ2n) is 9.24. The van der Waals surface area contributed by atoms with E-state index in [1.807, 2.05) is 41.3 Å². The Morgan fingerprint density at radius 3 is 2.44 bits per heavy atom. The molecule has 1 atom stereocenters. The van der Waals surface area contributed by atoms with Gasteiger partial charge in [-0.15, -0.1) is 0 Å². The van der Waals surface area contributed by atoms with E-state index in [1.165, 1.54) is 6.42 Å². The summed E-state index contributed by atoms with van der Waals surface area (Å²) in [5.41, 5.74) is 1.92. The largest absolute Gasteiger partial charge is 0.493 e. The van der Waals surface area contributed by atoms with Crippen LogP contribution in [0.3, 0.4) is 0 Å². The van der Waals surface area contributed by atoms with Gasteiger partial charge in [-0.25, -0.2) is 0 Å². The number of carbonyl (C=O) groups excluding carboxylic acids is 2. The van der Waals surface area contributed by atoms with Crippen LogP contribution in [0.4, 0.5) is 0 Å².